The zero-order valence-corrected chi connectivity index (χ0v) is 13.2. The molecule has 0 aliphatic rings. The third-order valence-electron chi connectivity index (χ3n) is 4.01. The molecule has 0 spiro atoms. The fraction of sp³-hybridized carbons (Fsp3) is 0.211. The van der Waals surface area contributed by atoms with Crippen LogP contribution in [0.15, 0.2) is 53.3 Å². The number of aryl methyl sites for hydroxylation is 2. The number of benzene rings is 2. The number of aromatic nitrogens is 2. The Hall–Kier alpha value is -2.55. The number of nitrogens with one attached hydrogen (secondary N) is 1. The molecule has 0 atom stereocenters. The number of H-pyrrole nitrogens is 1. The summed E-state index contributed by atoms with van der Waals surface area (Å²) in [5, 5.41) is 2.99. The number of hydrogen-bond donors (Lipinski definition) is 1. The molecule has 22 heavy (non-hydrogen) atoms. The summed E-state index contributed by atoms with van der Waals surface area (Å²) in [6.45, 7) is 6.15. The highest BCUT2D eigenvalue weighted by molar-refractivity contribution is 5.69. The maximum Gasteiger partial charge on any atom is 0.268 e. The second-order valence-electron chi connectivity index (χ2n) is 5.61. The van der Waals surface area contributed by atoms with Crippen molar-refractivity contribution in [3.8, 4) is 16.9 Å². The van der Waals surface area contributed by atoms with Crippen molar-refractivity contribution >= 4 is 0 Å². The van der Waals surface area contributed by atoms with Crippen LogP contribution in [-0.4, -0.2) is 9.78 Å². The van der Waals surface area contributed by atoms with E-state index in [0.29, 0.717) is 6.42 Å². The van der Waals surface area contributed by atoms with Crippen molar-refractivity contribution in [3.63, 3.8) is 0 Å². The van der Waals surface area contributed by atoms with Crippen LogP contribution in [0, 0.1) is 13.8 Å². The molecule has 3 rings (SSSR count). The molecule has 2 aromatic carbocycles. The van der Waals surface area contributed by atoms with Gasteiger partial charge >= 0.3 is 0 Å². The Balaban J connectivity index is 2.33. The predicted molar refractivity (Wildman–Crippen MR) is 90.7 cm³/mol. The Labute approximate surface area is 130 Å². The average Bonchev–Trinajstić information content (AvgIpc) is 2.84. The van der Waals surface area contributed by atoms with Gasteiger partial charge in [-0.05, 0) is 43.5 Å². The minimum atomic E-state index is -0.0118. The lowest BCUT2D eigenvalue weighted by Crippen LogP contribution is -2.06. The van der Waals surface area contributed by atoms with E-state index in [2.05, 4.69) is 43.2 Å². The van der Waals surface area contributed by atoms with Crippen molar-refractivity contribution < 1.29 is 0 Å². The summed E-state index contributed by atoms with van der Waals surface area (Å²) < 4.78 is 1.91. The van der Waals surface area contributed by atoms with E-state index in [0.717, 1.165) is 28.1 Å². The van der Waals surface area contributed by atoms with Gasteiger partial charge < -0.3 is 0 Å². The first-order valence-corrected chi connectivity index (χ1v) is 7.58. The highest BCUT2D eigenvalue weighted by Crippen LogP contribution is 2.28. The number of nitrogens with zero attached hydrogens (tertiary/aromatic N) is 1. The third-order valence-corrected chi connectivity index (χ3v) is 4.01. The summed E-state index contributed by atoms with van der Waals surface area (Å²) in [6, 6.07) is 16.3. The Bertz CT molecular complexity index is 871. The summed E-state index contributed by atoms with van der Waals surface area (Å²) in [5.74, 6) is 0. The van der Waals surface area contributed by atoms with Crippen molar-refractivity contribution in [2.24, 2.45) is 0 Å². The van der Waals surface area contributed by atoms with E-state index in [-0.39, 0.29) is 5.56 Å². The maximum absolute atomic E-state index is 12.4. The molecule has 0 saturated carbocycles. The second kappa shape index (κ2) is 5.68. The summed E-state index contributed by atoms with van der Waals surface area (Å²) in [4.78, 5) is 12.4. The normalized spacial score (nSPS) is 10.9. The Kier molecular flexibility index (Phi) is 3.72. The van der Waals surface area contributed by atoms with Gasteiger partial charge in [-0.3, -0.25) is 14.6 Å². The van der Waals surface area contributed by atoms with E-state index >= 15 is 0 Å². The van der Waals surface area contributed by atoms with E-state index < -0.39 is 0 Å². The molecule has 0 radical (unpaired) electrons. The van der Waals surface area contributed by atoms with Crippen molar-refractivity contribution in [1.82, 2.24) is 9.78 Å². The summed E-state index contributed by atoms with van der Waals surface area (Å²) in [6.07, 6.45) is 0.706. The quantitative estimate of drug-likeness (QED) is 0.778. The van der Waals surface area contributed by atoms with E-state index in [9.17, 15) is 4.79 Å². The molecule has 0 fully saturated rings. The van der Waals surface area contributed by atoms with Gasteiger partial charge in [-0.15, -0.1) is 0 Å². The molecule has 3 heteroatoms. The van der Waals surface area contributed by atoms with Crippen LogP contribution in [0.4, 0.5) is 0 Å². The van der Waals surface area contributed by atoms with Crippen LogP contribution in [0.1, 0.15) is 23.6 Å². The lowest BCUT2D eigenvalue weighted by Gasteiger charge is -2.12. The maximum atomic E-state index is 12.4. The molecule has 0 bridgehead atoms. The smallest absolute Gasteiger partial charge is 0.268 e. The van der Waals surface area contributed by atoms with Crippen LogP contribution >= 0.6 is 0 Å². The molecular formula is C19H20N2O. The van der Waals surface area contributed by atoms with E-state index in [1.807, 2.05) is 35.9 Å². The van der Waals surface area contributed by atoms with Gasteiger partial charge in [0.15, 0.2) is 0 Å². The van der Waals surface area contributed by atoms with Crippen molar-refractivity contribution in [2.75, 3.05) is 0 Å². The molecule has 112 valence electrons. The zero-order valence-electron chi connectivity index (χ0n) is 13.2. The van der Waals surface area contributed by atoms with Gasteiger partial charge in [0.2, 0.25) is 0 Å². The highest BCUT2D eigenvalue weighted by atomic mass is 16.1. The standard InChI is InChI=1S/C19H20N2O/c1-4-16-18(17-11-6-5-9-14(17)3)21(20-19(16)22)15-10-7-8-13(2)12-15/h5-12H,4H2,1-3H3,(H,20,22). The van der Waals surface area contributed by atoms with Crippen molar-refractivity contribution in [2.45, 2.75) is 27.2 Å². The Morgan fingerprint density at radius 1 is 1.05 bits per heavy atom. The van der Waals surface area contributed by atoms with Crippen LogP contribution in [-0.2, 0) is 6.42 Å². The fourth-order valence-corrected chi connectivity index (χ4v) is 2.88. The van der Waals surface area contributed by atoms with Gasteiger partial charge in [0, 0.05) is 11.1 Å². The lowest BCUT2D eigenvalue weighted by molar-refractivity contribution is 0.869. The van der Waals surface area contributed by atoms with Gasteiger partial charge in [0.25, 0.3) is 5.56 Å². The van der Waals surface area contributed by atoms with E-state index in [4.69, 9.17) is 0 Å². The molecule has 0 unspecified atom stereocenters. The summed E-state index contributed by atoms with van der Waals surface area (Å²) >= 11 is 0. The van der Waals surface area contributed by atoms with Gasteiger partial charge in [-0.2, -0.15) is 0 Å². The van der Waals surface area contributed by atoms with Gasteiger partial charge in [-0.1, -0.05) is 43.3 Å². The molecule has 3 aromatic rings. The number of hydrogen-bond acceptors (Lipinski definition) is 1. The molecule has 0 saturated heterocycles. The average molecular weight is 292 g/mol. The number of rotatable bonds is 3. The molecule has 1 N–H and O–H groups in total. The molecular weight excluding hydrogens is 272 g/mol. The van der Waals surface area contributed by atoms with Gasteiger partial charge in [0.05, 0.1) is 11.4 Å². The van der Waals surface area contributed by atoms with E-state index in [1.165, 1.54) is 5.56 Å². The minimum absolute atomic E-state index is 0.0118. The van der Waals surface area contributed by atoms with Crippen molar-refractivity contribution in [3.05, 3.63) is 75.6 Å². The molecule has 1 heterocycles. The minimum Gasteiger partial charge on any atom is -0.268 e. The van der Waals surface area contributed by atoms with Crippen LogP contribution in [0.25, 0.3) is 16.9 Å². The molecule has 0 aliphatic heterocycles. The second-order valence-corrected chi connectivity index (χ2v) is 5.61. The number of aromatic amines is 1. The summed E-state index contributed by atoms with van der Waals surface area (Å²) in [5.41, 5.74) is 6.20. The Morgan fingerprint density at radius 2 is 1.82 bits per heavy atom. The topological polar surface area (TPSA) is 37.8 Å². The molecule has 1 aromatic heterocycles. The first-order valence-electron chi connectivity index (χ1n) is 7.58. The SMILES string of the molecule is CCc1c(-c2ccccc2C)n(-c2cccc(C)c2)[nH]c1=O. The van der Waals surface area contributed by atoms with Crippen LogP contribution < -0.4 is 5.56 Å². The van der Waals surface area contributed by atoms with Gasteiger partial charge in [-0.25, -0.2) is 0 Å². The van der Waals surface area contributed by atoms with E-state index in [1.54, 1.807) is 0 Å². The lowest BCUT2D eigenvalue weighted by atomic mass is 10.0. The predicted octanol–water partition coefficient (Wildman–Crippen LogP) is 4.01. The first-order chi connectivity index (χ1) is 10.6. The van der Waals surface area contributed by atoms with Crippen LogP contribution in [0.2, 0.25) is 0 Å². The first kappa shape index (κ1) is 14.4. The van der Waals surface area contributed by atoms with Crippen LogP contribution in [0.5, 0.6) is 0 Å². The van der Waals surface area contributed by atoms with Crippen LogP contribution in [0.3, 0.4) is 0 Å². The molecule has 0 aliphatic carbocycles. The third kappa shape index (κ3) is 2.39. The molecule has 0 amide bonds. The van der Waals surface area contributed by atoms with Gasteiger partial charge in [0.1, 0.15) is 0 Å². The van der Waals surface area contributed by atoms with Crippen molar-refractivity contribution in [1.29, 1.82) is 0 Å². The highest BCUT2D eigenvalue weighted by Gasteiger charge is 2.17. The zero-order chi connectivity index (χ0) is 15.7. The monoisotopic (exact) mass is 292 g/mol. The molecule has 3 nitrogen and oxygen atoms in total. The largest absolute Gasteiger partial charge is 0.268 e. The summed E-state index contributed by atoms with van der Waals surface area (Å²) in [7, 11) is 0. The Morgan fingerprint density at radius 3 is 2.50 bits per heavy atom. The fourth-order valence-electron chi connectivity index (χ4n) is 2.88.